The third-order valence-corrected chi connectivity index (χ3v) is 3.74. The van der Waals surface area contributed by atoms with E-state index in [9.17, 15) is 10.2 Å². The summed E-state index contributed by atoms with van der Waals surface area (Å²) in [5, 5.41) is 18.4. The van der Waals surface area contributed by atoms with Gasteiger partial charge in [-0.05, 0) is 12.8 Å². The van der Waals surface area contributed by atoms with Crippen LogP contribution in [0.4, 0.5) is 0 Å². The van der Waals surface area contributed by atoms with E-state index in [2.05, 4.69) is 0 Å². The molecular formula is C20H54O4. The average molecular weight is 359 g/mol. The summed E-state index contributed by atoms with van der Waals surface area (Å²) in [6.45, 7) is 10.5. The van der Waals surface area contributed by atoms with Gasteiger partial charge in [0, 0.05) is 10.8 Å². The largest absolute Gasteiger partial charge is 0.396 e. The number of rotatable bonds is 11. The highest BCUT2D eigenvalue weighted by Crippen LogP contribution is 2.21. The van der Waals surface area contributed by atoms with Gasteiger partial charge in [0.05, 0.1) is 39.6 Å². The van der Waals surface area contributed by atoms with Crippen LogP contribution in [0.3, 0.4) is 0 Å². The van der Waals surface area contributed by atoms with Crippen molar-refractivity contribution in [2.45, 2.75) is 85.1 Å². The van der Waals surface area contributed by atoms with Crippen molar-refractivity contribution in [2.75, 3.05) is 39.6 Å². The summed E-state index contributed by atoms with van der Waals surface area (Å²) in [4.78, 5) is 0. The predicted molar refractivity (Wildman–Crippen MR) is 113 cm³/mol. The zero-order valence-corrected chi connectivity index (χ0v) is 12.4. The molecule has 0 aromatic heterocycles. The molecule has 0 amide bonds. The first kappa shape index (κ1) is 43.9. The maximum atomic E-state index is 9.22. The first-order valence-corrected chi connectivity index (χ1v) is 6.82. The quantitative estimate of drug-likeness (QED) is 0.468. The molecule has 4 heteroatoms. The number of ether oxygens (including phenoxy) is 2. The Balaban J connectivity index is -0.0000000963. The normalized spacial score (nSPS) is 13.8. The molecule has 0 aliphatic heterocycles. The van der Waals surface area contributed by atoms with Crippen LogP contribution in [0.5, 0.6) is 0 Å². The van der Waals surface area contributed by atoms with Gasteiger partial charge in [0.15, 0.2) is 0 Å². The highest BCUT2D eigenvalue weighted by atomic mass is 16.5. The lowest BCUT2D eigenvalue weighted by Gasteiger charge is -2.26. The van der Waals surface area contributed by atoms with Gasteiger partial charge in [-0.15, -0.1) is 0 Å². The summed E-state index contributed by atoms with van der Waals surface area (Å²) in [6, 6.07) is 0. The monoisotopic (exact) mass is 358 g/mol. The van der Waals surface area contributed by atoms with Crippen LogP contribution in [0.25, 0.3) is 0 Å². The molecule has 0 aromatic carbocycles. The summed E-state index contributed by atoms with van der Waals surface area (Å²) < 4.78 is 11.0. The highest BCUT2D eigenvalue weighted by Gasteiger charge is 2.22. The van der Waals surface area contributed by atoms with E-state index in [-0.39, 0.29) is 68.6 Å². The Morgan fingerprint density at radius 1 is 0.625 bits per heavy atom. The molecule has 0 rings (SSSR count). The summed E-state index contributed by atoms with van der Waals surface area (Å²) in [5.74, 6) is 0. The average Bonchev–Trinajstić information content (AvgIpc) is 2.42. The highest BCUT2D eigenvalue weighted by molar-refractivity contribution is 4.71. The van der Waals surface area contributed by atoms with Crippen LogP contribution in [-0.2, 0) is 9.47 Å². The van der Waals surface area contributed by atoms with E-state index < -0.39 is 0 Å². The standard InChI is InChI=1S/C14H30O4.6CH4/c1-5-13(3,9-15)11-17-7-8-18-12-14(4,6-2)10-16;;;;;;/h15-16H,5-12H2,1-4H3;6*1H4. The minimum absolute atomic E-state index is 0. The third kappa shape index (κ3) is 18.2. The van der Waals surface area contributed by atoms with Crippen LogP contribution in [0.2, 0.25) is 0 Å². The van der Waals surface area contributed by atoms with Gasteiger partial charge >= 0.3 is 0 Å². The van der Waals surface area contributed by atoms with Crippen LogP contribution in [-0.4, -0.2) is 49.9 Å². The summed E-state index contributed by atoms with van der Waals surface area (Å²) in [6.07, 6.45) is 1.78. The van der Waals surface area contributed by atoms with E-state index in [0.717, 1.165) is 12.8 Å². The van der Waals surface area contributed by atoms with Gasteiger partial charge in [-0.2, -0.15) is 0 Å². The lowest BCUT2D eigenvalue weighted by molar-refractivity contribution is -0.0346. The fourth-order valence-corrected chi connectivity index (χ4v) is 1.27. The molecule has 0 aliphatic carbocycles. The van der Waals surface area contributed by atoms with Gasteiger partial charge in [0.25, 0.3) is 0 Å². The molecule has 2 unspecified atom stereocenters. The SMILES string of the molecule is C.C.C.C.C.C.CCC(C)(CO)COCCOCC(C)(CC)CO. The van der Waals surface area contributed by atoms with Crippen molar-refractivity contribution in [3.8, 4) is 0 Å². The number of aliphatic hydroxyl groups excluding tert-OH is 2. The molecule has 0 saturated heterocycles. The molecule has 0 radical (unpaired) electrons. The van der Waals surface area contributed by atoms with Gasteiger partial charge in [-0.1, -0.05) is 72.3 Å². The number of aliphatic hydroxyl groups is 2. The number of hydrogen-bond donors (Lipinski definition) is 2. The molecule has 4 nitrogen and oxygen atoms in total. The zero-order valence-electron chi connectivity index (χ0n) is 12.4. The summed E-state index contributed by atoms with van der Waals surface area (Å²) in [7, 11) is 0. The molecular weight excluding hydrogens is 304 g/mol. The Bertz CT molecular complexity index is 178. The summed E-state index contributed by atoms with van der Waals surface area (Å²) in [5.41, 5.74) is -0.300. The van der Waals surface area contributed by atoms with Gasteiger partial charge in [-0.25, -0.2) is 0 Å². The third-order valence-electron chi connectivity index (χ3n) is 3.74. The molecule has 0 aromatic rings. The zero-order chi connectivity index (χ0) is 14.1. The van der Waals surface area contributed by atoms with Crippen LogP contribution >= 0.6 is 0 Å². The fourth-order valence-electron chi connectivity index (χ4n) is 1.27. The van der Waals surface area contributed by atoms with E-state index in [4.69, 9.17) is 9.47 Å². The van der Waals surface area contributed by atoms with Crippen molar-refractivity contribution < 1.29 is 19.7 Å². The van der Waals surface area contributed by atoms with Crippen molar-refractivity contribution in [2.24, 2.45) is 10.8 Å². The molecule has 0 aliphatic rings. The molecule has 0 saturated carbocycles. The molecule has 0 fully saturated rings. The molecule has 0 heterocycles. The van der Waals surface area contributed by atoms with Gasteiger partial charge in [-0.3, -0.25) is 0 Å². The maximum absolute atomic E-state index is 9.22. The van der Waals surface area contributed by atoms with Gasteiger partial charge in [0.1, 0.15) is 0 Å². The van der Waals surface area contributed by atoms with Crippen molar-refractivity contribution in [3.63, 3.8) is 0 Å². The van der Waals surface area contributed by atoms with Crippen LogP contribution in [0, 0.1) is 10.8 Å². The second-order valence-electron chi connectivity index (χ2n) is 5.75. The van der Waals surface area contributed by atoms with Gasteiger partial charge in [0.2, 0.25) is 0 Å². The predicted octanol–water partition coefficient (Wildman–Crippen LogP) is 5.65. The van der Waals surface area contributed by atoms with Crippen LogP contribution in [0.15, 0.2) is 0 Å². The smallest absolute Gasteiger partial charge is 0.0700 e. The second-order valence-corrected chi connectivity index (χ2v) is 5.75. The molecule has 158 valence electrons. The lowest BCUT2D eigenvalue weighted by Crippen LogP contribution is -2.29. The maximum Gasteiger partial charge on any atom is 0.0700 e. The van der Waals surface area contributed by atoms with E-state index in [0.29, 0.717) is 26.4 Å². The van der Waals surface area contributed by atoms with Crippen molar-refractivity contribution in [3.05, 3.63) is 0 Å². The Morgan fingerprint density at radius 2 is 0.875 bits per heavy atom. The molecule has 2 N–H and O–H groups in total. The van der Waals surface area contributed by atoms with E-state index in [1.54, 1.807) is 0 Å². The Hall–Kier alpha value is -0.160. The molecule has 2 atom stereocenters. The summed E-state index contributed by atoms with van der Waals surface area (Å²) >= 11 is 0. The van der Waals surface area contributed by atoms with Crippen molar-refractivity contribution in [1.82, 2.24) is 0 Å². The molecule has 0 spiro atoms. The number of hydrogen-bond acceptors (Lipinski definition) is 4. The fraction of sp³-hybridized carbons (Fsp3) is 1.00. The van der Waals surface area contributed by atoms with Crippen molar-refractivity contribution in [1.29, 1.82) is 0 Å². The van der Waals surface area contributed by atoms with Gasteiger partial charge < -0.3 is 19.7 Å². The second kappa shape index (κ2) is 22.8. The Morgan fingerprint density at radius 3 is 1.04 bits per heavy atom. The van der Waals surface area contributed by atoms with Crippen molar-refractivity contribution >= 4 is 0 Å². The lowest BCUT2D eigenvalue weighted by atomic mass is 9.90. The van der Waals surface area contributed by atoms with Crippen LogP contribution in [0.1, 0.15) is 85.1 Å². The first-order valence-electron chi connectivity index (χ1n) is 6.82. The minimum Gasteiger partial charge on any atom is -0.396 e. The first-order chi connectivity index (χ1) is 8.45. The molecule has 0 bridgehead atoms. The molecule has 24 heavy (non-hydrogen) atoms. The minimum atomic E-state index is -0.150. The Kier molecular flexibility index (Phi) is 41.7. The van der Waals surface area contributed by atoms with E-state index in [1.165, 1.54) is 0 Å². The van der Waals surface area contributed by atoms with E-state index >= 15 is 0 Å². The topological polar surface area (TPSA) is 58.9 Å². The van der Waals surface area contributed by atoms with E-state index in [1.807, 2.05) is 27.7 Å². The van der Waals surface area contributed by atoms with Crippen LogP contribution < -0.4 is 0 Å². The Labute approximate surface area is 156 Å².